The van der Waals surface area contributed by atoms with Gasteiger partial charge in [0.25, 0.3) is 0 Å². The van der Waals surface area contributed by atoms with E-state index in [0.717, 1.165) is 36.4 Å². The Labute approximate surface area is 179 Å². The van der Waals surface area contributed by atoms with Gasteiger partial charge in [-0.25, -0.2) is 0 Å². The Bertz CT molecular complexity index is 818. The molecule has 1 unspecified atom stereocenters. The molecule has 1 atom stereocenters. The highest BCUT2D eigenvalue weighted by molar-refractivity contribution is 5.66. The number of aryl methyl sites for hydroxylation is 2. The van der Waals surface area contributed by atoms with E-state index in [4.69, 9.17) is 14.6 Å². The van der Waals surface area contributed by atoms with Crippen molar-refractivity contribution in [3.63, 3.8) is 0 Å². The largest absolute Gasteiger partial charge is 0.489 e. The average Bonchev–Trinajstić information content (AvgIpc) is 2.76. The number of aliphatic carboxylic acids is 1. The minimum Gasteiger partial charge on any atom is -0.489 e. The minimum atomic E-state index is -0.758. The van der Waals surface area contributed by atoms with Crippen LogP contribution in [0.15, 0.2) is 42.5 Å². The van der Waals surface area contributed by atoms with Crippen LogP contribution in [0.4, 0.5) is 0 Å². The molecule has 0 bridgehead atoms. The maximum Gasteiger partial charge on any atom is 0.304 e. The van der Waals surface area contributed by atoms with Gasteiger partial charge < -0.3 is 14.6 Å². The molecule has 1 aliphatic heterocycles. The number of carboxylic acid groups (broad SMARTS) is 1. The van der Waals surface area contributed by atoms with E-state index in [2.05, 4.69) is 55.1 Å². The molecule has 1 saturated heterocycles. The summed E-state index contributed by atoms with van der Waals surface area (Å²) >= 11 is 0. The van der Waals surface area contributed by atoms with Crippen LogP contribution in [0.25, 0.3) is 0 Å². The number of unbranched alkanes of at least 4 members (excludes halogenated alkanes) is 1. The summed E-state index contributed by atoms with van der Waals surface area (Å²) in [6.45, 7) is 7.52. The maximum atomic E-state index is 10.8. The first kappa shape index (κ1) is 22.3. The lowest BCUT2D eigenvalue weighted by atomic mass is 10.0. The molecule has 5 nitrogen and oxygen atoms in total. The predicted molar refractivity (Wildman–Crippen MR) is 118 cm³/mol. The maximum absolute atomic E-state index is 10.8. The SMILES string of the molecule is CCCCc1ccc(COc2ccc(C3CN(CCC(=O)O)CCO3)c(C)c2)cc1. The van der Waals surface area contributed by atoms with Gasteiger partial charge in [-0.2, -0.15) is 0 Å². The molecule has 3 rings (SSSR count). The first-order valence-electron chi connectivity index (χ1n) is 10.9. The molecule has 0 saturated carbocycles. The van der Waals surface area contributed by atoms with E-state index in [1.54, 1.807) is 0 Å². The van der Waals surface area contributed by atoms with Crippen LogP contribution >= 0.6 is 0 Å². The van der Waals surface area contributed by atoms with Crippen LogP contribution in [-0.2, 0) is 22.6 Å². The Morgan fingerprint density at radius 2 is 1.97 bits per heavy atom. The van der Waals surface area contributed by atoms with E-state index in [-0.39, 0.29) is 12.5 Å². The highest BCUT2D eigenvalue weighted by Crippen LogP contribution is 2.28. The van der Waals surface area contributed by atoms with Crippen LogP contribution in [0.2, 0.25) is 0 Å². The number of benzene rings is 2. The normalized spacial score (nSPS) is 17.1. The molecule has 1 heterocycles. The van der Waals surface area contributed by atoms with Crippen LogP contribution in [0.1, 0.15) is 54.5 Å². The van der Waals surface area contributed by atoms with Gasteiger partial charge in [0.05, 0.1) is 19.1 Å². The monoisotopic (exact) mass is 411 g/mol. The Balaban J connectivity index is 1.55. The Morgan fingerprint density at radius 3 is 2.67 bits per heavy atom. The van der Waals surface area contributed by atoms with Gasteiger partial charge >= 0.3 is 5.97 Å². The van der Waals surface area contributed by atoms with Crippen molar-refractivity contribution in [3.05, 3.63) is 64.7 Å². The second-order valence-electron chi connectivity index (χ2n) is 8.03. The third kappa shape index (κ3) is 6.57. The predicted octanol–water partition coefficient (Wildman–Crippen LogP) is 4.76. The summed E-state index contributed by atoms with van der Waals surface area (Å²) in [4.78, 5) is 13.0. The summed E-state index contributed by atoms with van der Waals surface area (Å²) in [5.74, 6) is 0.0937. The number of ether oxygens (including phenoxy) is 2. The fourth-order valence-corrected chi connectivity index (χ4v) is 3.80. The fourth-order valence-electron chi connectivity index (χ4n) is 3.80. The van der Waals surface area contributed by atoms with Gasteiger partial charge in [-0.15, -0.1) is 0 Å². The zero-order chi connectivity index (χ0) is 21.3. The molecular formula is C25H33NO4. The van der Waals surface area contributed by atoms with Crippen molar-refractivity contribution in [1.82, 2.24) is 4.90 Å². The fraction of sp³-hybridized carbons (Fsp3) is 0.480. The van der Waals surface area contributed by atoms with Crippen molar-refractivity contribution >= 4 is 5.97 Å². The van der Waals surface area contributed by atoms with Gasteiger partial charge in [0.15, 0.2) is 0 Å². The van der Waals surface area contributed by atoms with E-state index in [9.17, 15) is 4.79 Å². The Hall–Kier alpha value is -2.37. The number of morpholine rings is 1. The molecule has 162 valence electrons. The second-order valence-corrected chi connectivity index (χ2v) is 8.03. The molecule has 30 heavy (non-hydrogen) atoms. The summed E-state index contributed by atoms with van der Waals surface area (Å²) in [5, 5.41) is 8.91. The lowest BCUT2D eigenvalue weighted by molar-refractivity contribution is -0.137. The van der Waals surface area contributed by atoms with Crippen LogP contribution in [-0.4, -0.2) is 42.2 Å². The molecule has 1 fully saturated rings. The molecule has 5 heteroatoms. The first-order chi connectivity index (χ1) is 14.5. The lowest BCUT2D eigenvalue weighted by Gasteiger charge is -2.33. The van der Waals surface area contributed by atoms with Crippen molar-refractivity contribution in [2.24, 2.45) is 0 Å². The van der Waals surface area contributed by atoms with Crippen molar-refractivity contribution in [3.8, 4) is 5.75 Å². The highest BCUT2D eigenvalue weighted by Gasteiger charge is 2.23. The summed E-state index contributed by atoms with van der Waals surface area (Å²) < 4.78 is 12.0. The summed E-state index contributed by atoms with van der Waals surface area (Å²) in [6, 6.07) is 14.8. The van der Waals surface area contributed by atoms with E-state index < -0.39 is 5.97 Å². The van der Waals surface area contributed by atoms with Crippen molar-refractivity contribution in [2.75, 3.05) is 26.2 Å². The van der Waals surface area contributed by atoms with Gasteiger partial charge in [-0.05, 0) is 54.2 Å². The molecule has 0 spiro atoms. The Kier molecular flexibility index (Phi) is 8.29. The third-order valence-electron chi connectivity index (χ3n) is 5.63. The molecule has 1 N–H and O–H groups in total. The number of carboxylic acids is 1. The van der Waals surface area contributed by atoms with E-state index in [1.807, 2.05) is 6.07 Å². The molecule has 0 aromatic heterocycles. The van der Waals surface area contributed by atoms with Gasteiger partial charge in [-0.1, -0.05) is 43.7 Å². The van der Waals surface area contributed by atoms with Crippen LogP contribution in [0, 0.1) is 6.92 Å². The molecule has 1 aliphatic rings. The van der Waals surface area contributed by atoms with Gasteiger partial charge in [0.2, 0.25) is 0 Å². The van der Waals surface area contributed by atoms with Crippen molar-refractivity contribution in [1.29, 1.82) is 0 Å². The summed E-state index contributed by atoms with van der Waals surface area (Å²) in [5.41, 5.74) is 4.82. The topological polar surface area (TPSA) is 59.0 Å². The molecule has 0 aliphatic carbocycles. The van der Waals surface area contributed by atoms with Gasteiger partial charge in [0, 0.05) is 19.6 Å². The van der Waals surface area contributed by atoms with Crippen LogP contribution in [0.3, 0.4) is 0 Å². The van der Waals surface area contributed by atoms with Crippen LogP contribution < -0.4 is 4.74 Å². The summed E-state index contributed by atoms with van der Waals surface area (Å²) in [6.07, 6.45) is 3.71. The highest BCUT2D eigenvalue weighted by atomic mass is 16.5. The number of hydrogen-bond donors (Lipinski definition) is 1. The molecule has 2 aromatic carbocycles. The number of rotatable bonds is 10. The number of hydrogen-bond acceptors (Lipinski definition) is 4. The average molecular weight is 412 g/mol. The quantitative estimate of drug-likeness (QED) is 0.611. The second kappa shape index (κ2) is 11.1. The van der Waals surface area contributed by atoms with Crippen LogP contribution in [0.5, 0.6) is 5.75 Å². The third-order valence-corrected chi connectivity index (χ3v) is 5.63. The van der Waals surface area contributed by atoms with E-state index in [0.29, 0.717) is 19.8 Å². The molecule has 2 aromatic rings. The number of carbonyl (C=O) groups is 1. The standard InChI is InChI=1S/C25H33NO4/c1-3-4-5-20-6-8-21(9-7-20)18-30-22-10-11-23(19(2)16-22)24-17-26(14-15-29-24)13-12-25(27)28/h6-11,16,24H,3-5,12-15,17-18H2,1-2H3,(H,27,28). The minimum absolute atomic E-state index is 0.0303. The summed E-state index contributed by atoms with van der Waals surface area (Å²) in [7, 11) is 0. The smallest absolute Gasteiger partial charge is 0.304 e. The van der Waals surface area contributed by atoms with Crippen molar-refractivity contribution < 1.29 is 19.4 Å². The van der Waals surface area contributed by atoms with Gasteiger partial charge in [0.1, 0.15) is 12.4 Å². The van der Waals surface area contributed by atoms with E-state index in [1.165, 1.54) is 24.0 Å². The Morgan fingerprint density at radius 1 is 1.20 bits per heavy atom. The van der Waals surface area contributed by atoms with E-state index >= 15 is 0 Å². The first-order valence-corrected chi connectivity index (χ1v) is 10.9. The molecule has 0 radical (unpaired) electrons. The molecular weight excluding hydrogens is 378 g/mol. The van der Waals surface area contributed by atoms with Gasteiger partial charge in [-0.3, -0.25) is 9.69 Å². The molecule has 0 amide bonds. The zero-order valence-electron chi connectivity index (χ0n) is 18.1. The number of nitrogens with zero attached hydrogens (tertiary/aromatic N) is 1. The van der Waals surface area contributed by atoms with Crippen molar-refractivity contribution in [2.45, 2.75) is 52.2 Å². The lowest BCUT2D eigenvalue weighted by Crippen LogP contribution is -2.39. The zero-order valence-corrected chi connectivity index (χ0v) is 18.1.